The van der Waals surface area contributed by atoms with Gasteiger partial charge in [-0.2, -0.15) is 20.4 Å². The molecule has 2 amide bonds. The predicted octanol–water partition coefficient (Wildman–Crippen LogP) is 2.87. The summed E-state index contributed by atoms with van der Waals surface area (Å²) in [5, 5.41) is 19.0. The van der Waals surface area contributed by atoms with Crippen LogP contribution in [0.2, 0.25) is 0 Å². The summed E-state index contributed by atoms with van der Waals surface area (Å²) in [7, 11) is -3.58. The average Bonchev–Trinajstić information content (AvgIpc) is 3.58. The zero-order chi connectivity index (χ0) is 30.2. The highest BCUT2D eigenvalue weighted by molar-refractivity contribution is 7.92. The van der Waals surface area contributed by atoms with Gasteiger partial charge in [0.15, 0.2) is 11.6 Å². The number of anilines is 2. The fourth-order valence-electron chi connectivity index (χ4n) is 4.86. The summed E-state index contributed by atoms with van der Waals surface area (Å²) in [5.41, 5.74) is 1.63. The number of sulfonamides is 1. The number of hydrogen-bond donors (Lipinski definition) is 1. The predicted molar refractivity (Wildman–Crippen MR) is 150 cm³/mol. The van der Waals surface area contributed by atoms with Gasteiger partial charge in [0, 0.05) is 38.8 Å². The van der Waals surface area contributed by atoms with Crippen molar-refractivity contribution in [3.8, 4) is 11.9 Å². The lowest BCUT2D eigenvalue weighted by molar-refractivity contribution is 0.139. The first kappa shape index (κ1) is 28.9. The summed E-state index contributed by atoms with van der Waals surface area (Å²) < 4.78 is 56.9. The molecule has 0 radical (unpaired) electrons. The van der Waals surface area contributed by atoms with Gasteiger partial charge in [0.25, 0.3) is 0 Å². The molecule has 220 valence electrons. The van der Waals surface area contributed by atoms with E-state index in [1.807, 2.05) is 6.07 Å². The first-order chi connectivity index (χ1) is 20.0. The number of nitrogens with one attached hydrogen (secondary N) is 1. The third-order valence-corrected chi connectivity index (χ3v) is 8.41. The van der Waals surface area contributed by atoms with Crippen molar-refractivity contribution in [2.24, 2.45) is 5.10 Å². The first-order valence-electron chi connectivity index (χ1n) is 13.2. The summed E-state index contributed by atoms with van der Waals surface area (Å²) >= 11 is 0. The van der Waals surface area contributed by atoms with Crippen molar-refractivity contribution in [2.45, 2.75) is 33.2 Å². The molecule has 2 aromatic heterocycles. The lowest BCUT2D eigenvalue weighted by Gasteiger charge is -2.37. The molecule has 2 aliphatic heterocycles. The van der Waals surface area contributed by atoms with Crippen LogP contribution in [0.4, 0.5) is 25.2 Å². The van der Waals surface area contributed by atoms with Crippen LogP contribution in [0.5, 0.6) is 0 Å². The number of benzene rings is 1. The molecule has 0 spiro atoms. The molecule has 5 rings (SSSR count). The van der Waals surface area contributed by atoms with E-state index in [1.54, 1.807) is 35.9 Å². The maximum atomic E-state index is 14.9. The molecule has 1 fully saturated rings. The van der Waals surface area contributed by atoms with Gasteiger partial charge >= 0.3 is 6.03 Å². The van der Waals surface area contributed by atoms with Gasteiger partial charge in [-0.15, -0.1) is 0 Å². The van der Waals surface area contributed by atoms with Crippen LogP contribution in [0, 0.1) is 36.8 Å². The molecule has 1 N–H and O–H groups in total. The number of rotatable bonds is 6. The van der Waals surface area contributed by atoms with Crippen LogP contribution in [-0.4, -0.2) is 82.3 Å². The second-order valence-electron chi connectivity index (χ2n) is 9.84. The quantitative estimate of drug-likeness (QED) is 0.455. The molecule has 16 heteroatoms. The molecule has 0 saturated carbocycles. The maximum absolute atomic E-state index is 14.9. The Hall–Kier alpha value is -4.65. The van der Waals surface area contributed by atoms with Gasteiger partial charge in [-0.3, -0.25) is 4.72 Å². The largest absolute Gasteiger partial charge is 0.341 e. The number of aromatic nitrogens is 4. The highest BCUT2D eigenvalue weighted by Gasteiger charge is 2.34. The van der Waals surface area contributed by atoms with E-state index in [0.29, 0.717) is 49.6 Å². The highest BCUT2D eigenvalue weighted by atomic mass is 32.2. The fourth-order valence-corrected chi connectivity index (χ4v) is 5.61. The van der Waals surface area contributed by atoms with E-state index in [4.69, 9.17) is 0 Å². The number of hydrogen-bond acceptors (Lipinski definition) is 9. The minimum Gasteiger partial charge on any atom is -0.337 e. The van der Waals surface area contributed by atoms with Crippen molar-refractivity contribution < 1.29 is 22.0 Å². The van der Waals surface area contributed by atoms with Crippen molar-refractivity contribution in [3.05, 3.63) is 58.5 Å². The molecular formula is C26H28F2N10O3S. The summed E-state index contributed by atoms with van der Waals surface area (Å²) in [5.74, 6) is -1.34. The topological polar surface area (TPSA) is 153 Å². The van der Waals surface area contributed by atoms with E-state index < -0.39 is 27.7 Å². The molecule has 2 aliphatic rings. The number of hydrazone groups is 1. The zero-order valence-corrected chi connectivity index (χ0v) is 23.9. The van der Waals surface area contributed by atoms with Crippen LogP contribution in [0.1, 0.15) is 41.9 Å². The summed E-state index contributed by atoms with van der Waals surface area (Å²) in [6.07, 6.45) is 3.00. The number of amides is 2. The van der Waals surface area contributed by atoms with Crippen LogP contribution in [-0.2, 0) is 10.0 Å². The number of piperazine rings is 1. The van der Waals surface area contributed by atoms with Gasteiger partial charge in [-0.05, 0) is 44.5 Å². The molecule has 13 nitrogen and oxygen atoms in total. The van der Waals surface area contributed by atoms with Crippen molar-refractivity contribution >= 4 is 33.9 Å². The third-order valence-electron chi connectivity index (χ3n) is 7.14. The molecule has 1 unspecified atom stereocenters. The van der Waals surface area contributed by atoms with E-state index in [9.17, 15) is 27.3 Å². The molecule has 0 aliphatic carbocycles. The smallest absolute Gasteiger partial charge is 0.337 e. The molecular weight excluding hydrogens is 570 g/mol. The lowest BCUT2D eigenvalue weighted by atomic mass is 10.0. The Morgan fingerprint density at radius 1 is 1.17 bits per heavy atom. The van der Waals surface area contributed by atoms with E-state index in [1.165, 1.54) is 22.7 Å². The minimum atomic E-state index is -3.58. The third kappa shape index (κ3) is 5.59. The molecule has 42 heavy (non-hydrogen) atoms. The van der Waals surface area contributed by atoms with E-state index in [0.717, 1.165) is 12.3 Å². The molecule has 3 aromatic rings. The van der Waals surface area contributed by atoms with Crippen molar-refractivity contribution in [1.29, 1.82) is 5.26 Å². The second-order valence-corrected chi connectivity index (χ2v) is 11.9. The van der Waals surface area contributed by atoms with Crippen molar-refractivity contribution in [3.63, 3.8) is 0 Å². The van der Waals surface area contributed by atoms with Gasteiger partial charge in [0.1, 0.15) is 5.82 Å². The second kappa shape index (κ2) is 11.3. The van der Waals surface area contributed by atoms with Crippen LogP contribution in [0.3, 0.4) is 0 Å². The van der Waals surface area contributed by atoms with Crippen LogP contribution >= 0.6 is 0 Å². The summed E-state index contributed by atoms with van der Waals surface area (Å²) in [4.78, 5) is 25.3. The Bertz CT molecular complexity index is 1710. The standard InChI is InChI=1S/C26H28F2N10O3S/c1-4-42(40,41)34-23-16(2)33-37(17(23)3)24-21(28)15-30-25(32-24)35-7-9-36(10-8-35)26(39)38-22(5-6-31-38)19-11-18(14-29)12-20(27)13-19/h6,11-13,15,22,34H,4-5,7-10H2,1-3H3. The normalized spacial score (nSPS) is 17.0. The number of aryl methyl sites for hydroxylation is 1. The Morgan fingerprint density at radius 2 is 1.90 bits per heavy atom. The monoisotopic (exact) mass is 598 g/mol. The van der Waals surface area contributed by atoms with Crippen molar-refractivity contribution in [2.75, 3.05) is 41.6 Å². The summed E-state index contributed by atoms with van der Waals surface area (Å²) in [6.45, 7) is 6.00. The number of carbonyl (C=O) groups excluding carboxylic acids is 1. The molecule has 1 atom stereocenters. The van der Waals surface area contributed by atoms with Crippen molar-refractivity contribution in [1.82, 2.24) is 29.7 Å². The van der Waals surface area contributed by atoms with Gasteiger partial charge in [0.05, 0.1) is 46.7 Å². The molecule has 1 aromatic carbocycles. The summed E-state index contributed by atoms with van der Waals surface area (Å²) in [6, 6.07) is 5.02. The van der Waals surface area contributed by atoms with Crippen LogP contribution in [0.15, 0.2) is 29.5 Å². The number of halogens is 2. The minimum absolute atomic E-state index is 0.130. The Balaban J connectivity index is 1.30. The van der Waals surface area contributed by atoms with Gasteiger partial charge in [-0.25, -0.2) is 36.7 Å². The first-order valence-corrected chi connectivity index (χ1v) is 14.8. The van der Waals surface area contributed by atoms with E-state index in [-0.39, 0.29) is 34.8 Å². The molecule has 1 saturated heterocycles. The van der Waals surface area contributed by atoms with Gasteiger partial charge in [-0.1, -0.05) is 0 Å². The van der Waals surface area contributed by atoms with E-state index in [2.05, 4.69) is 24.9 Å². The van der Waals surface area contributed by atoms with Crippen LogP contribution in [0.25, 0.3) is 5.82 Å². The van der Waals surface area contributed by atoms with Gasteiger partial charge in [0.2, 0.25) is 16.0 Å². The SMILES string of the molecule is CCS(=O)(=O)Nc1c(C)nn(-c2nc(N3CCN(C(=O)N4N=CCC4c4cc(F)cc(C#N)c4)CC3)ncc2F)c1C. The average molecular weight is 599 g/mol. The number of urea groups is 1. The number of nitrogens with zero attached hydrogens (tertiary/aromatic N) is 9. The Kier molecular flexibility index (Phi) is 7.78. The molecule has 4 heterocycles. The zero-order valence-electron chi connectivity index (χ0n) is 23.1. The Morgan fingerprint density at radius 3 is 2.60 bits per heavy atom. The number of nitriles is 1. The molecule has 0 bridgehead atoms. The maximum Gasteiger partial charge on any atom is 0.341 e. The lowest BCUT2D eigenvalue weighted by Crippen LogP contribution is -2.52. The number of carbonyl (C=O) groups is 1. The highest BCUT2D eigenvalue weighted by Crippen LogP contribution is 2.31. The Labute approximate surface area is 241 Å². The van der Waals surface area contributed by atoms with E-state index >= 15 is 0 Å². The fraction of sp³-hybridized carbons (Fsp3) is 0.385. The van der Waals surface area contributed by atoms with Crippen LogP contribution < -0.4 is 9.62 Å². The van der Waals surface area contributed by atoms with Gasteiger partial charge < -0.3 is 9.80 Å².